The monoisotopic (exact) mass is 818 g/mol. The number of para-hydroxylation sites is 2. The summed E-state index contributed by atoms with van der Waals surface area (Å²) in [5.74, 6) is 3.23. The first kappa shape index (κ1) is 36.1. The second kappa shape index (κ2) is 14.5. The van der Waals surface area contributed by atoms with Gasteiger partial charge in [0.25, 0.3) is 0 Å². The van der Waals surface area contributed by atoms with Gasteiger partial charge < -0.3 is 19.3 Å². The highest BCUT2D eigenvalue weighted by Crippen LogP contribution is 2.55. The summed E-state index contributed by atoms with van der Waals surface area (Å²) in [4.78, 5) is 4.69. The molecular formula is C60H38N2O2. The van der Waals surface area contributed by atoms with Crippen LogP contribution in [0.5, 0.6) is 23.0 Å². The molecular weight excluding hydrogens is 781 g/mol. The molecule has 300 valence electrons. The maximum atomic E-state index is 6.80. The molecule has 0 radical (unpaired) electrons. The van der Waals surface area contributed by atoms with Crippen molar-refractivity contribution in [3.05, 3.63) is 231 Å². The average molecular weight is 819 g/mol. The van der Waals surface area contributed by atoms with Gasteiger partial charge in [0.15, 0.2) is 23.0 Å². The van der Waals surface area contributed by atoms with Gasteiger partial charge in [0.1, 0.15) is 0 Å². The number of hydrogen-bond donors (Lipinski definition) is 0. The van der Waals surface area contributed by atoms with Crippen LogP contribution in [0.1, 0.15) is 0 Å². The highest BCUT2D eigenvalue weighted by molar-refractivity contribution is 5.98. The molecule has 4 nitrogen and oxygen atoms in total. The number of fused-ring (bicyclic) bond motifs is 7. The van der Waals surface area contributed by atoms with Crippen molar-refractivity contribution < 1.29 is 9.47 Å². The summed E-state index contributed by atoms with van der Waals surface area (Å²) in [6.07, 6.45) is 0. The smallest absolute Gasteiger partial charge is 0.152 e. The highest BCUT2D eigenvalue weighted by atomic mass is 16.5. The van der Waals surface area contributed by atoms with Crippen LogP contribution < -0.4 is 19.3 Å². The summed E-state index contributed by atoms with van der Waals surface area (Å²) < 4.78 is 13.4. The van der Waals surface area contributed by atoms with Gasteiger partial charge in [0.2, 0.25) is 0 Å². The fourth-order valence-corrected chi connectivity index (χ4v) is 9.55. The first-order valence-electron chi connectivity index (χ1n) is 21.7. The molecule has 0 N–H and O–H groups in total. The number of ether oxygens (including phenoxy) is 2. The molecule has 0 saturated carbocycles. The first-order valence-corrected chi connectivity index (χ1v) is 21.7. The zero-order valence-corrected chi connectivity index (χ0v) is 34.7. The predicted octanol–water partition coefficient (Wildman–Crippen LogP) is 17.3. The minimum atomic E-state index is 0.796. The van der Waals surface area contributed by atoms with E-state index in [1.54, 1.807) is 0 Å². The lowest BCUT2D eigenvalue weighted by atomic mass is 9.98. The quantitative estimate of drug-likeness (QED) is 0.173. The molecule has 11 aromatic carbocycles. The molecule has 2 aliphatic heterocycles. The number of hydrogen-bond acceptors (Lipinski definition) is 4. The molecule has 0 aliphatic carbocycles. The zero-order valence-electron chi connectivity index (χ0n) is 34.7. The van der Waals surface area contributed by atoms with Crippen LogP contribution in [0.15, 0.2) is 231 Å². The molecule has 0 fully saturated rings. The third-order valence-electron chi connectivity index (χ3n) is 12.7. The van der Waals surface area contributed by atoms with E-state index < -0.39 is 0 Å². The van der Waals surface area contributed by atoms with Crippen molar-refractivity contribution in [2.75, 3.05) is 9.80 Å². The van der Waals surface area contributed by atoms with Crippen LogP contribution in [0.4, 0.5) is 34.1 Å². The van der Waals surface area contributed by atoms with Crippen LogP contribution in [0.25, 0.3) is 65.7 Å². The Morgan fingerprint density at radius 2 is 0.609 bits per heavy atom. The van der Waals surface area contributed by atoms with E-state index in [1.165, 1.54) is 32.7 Å². The van der Waals surface area contributed by atoms with Crippen molar-refractivity contribution in [2.24, 2.45) is 0 Å². The Morgan fingerprint density at radius 1 is 0.219 bits per heavy atom. The Bertz CT molecular complexity index is 3670. The van der Waals surface area contributed by atoms with E-state index in [4.69, 9.17) is 9.47 Å². The molecule has 0 aromatic heterocycles. The number of anilines is 6. The van der Waals surface area contributed by atoms with Crippen molar-refractivity contribution in [1.29, 1.82) is 0 Å². The highest BCUT2D eigenvalue weighted by Gasteiger charge is 2.29. The van der Waals surface area contributed by atoms with E-state index in [-0.39, 0.29) is 0 Å². The molecule has 2 aliphatic rings. The predicted molar refractivity (Wildman–Crippen MR) is 265 cm³/mol. The Hall–Kier alpha value is -8.60. The van der Waals surface area contributed by atoms with E-state index in [1.807, 2.05) is 12.1 Å². The Labute approximate surface area is 371 Å². The van der Waals surface area contributed by atoms with Gasteiger partial charge in [-0.1, -0.05) is 146 Å². The van der Waals surface area contributed by atoms with Crippen molar-refractivity contribution in [1.82, 2.24) is 0 Å². The number of rotatable bonds is 5. The summed E-state index contributed by atoms with van der Waals surface area (Å²) in [6, 6.07) is 82.3. The minimum absolute atomic E-state index is 0.796. The molecule has 11 aromatic rings. The molecule has 4 heteroatoms. The lowest BCUT2D eigenvalue weighted by Gasteiger charge is -2.34. The van der Waals surface area contributed by atoms with Crippen molar-refractivity contribution >= 4 is 66.4 Å². The number of benzene rings is 11. The summed E-state index contributed by atoms with van der Waals surface area (Å²) >= 11 is 0. The molecule has 0 amide bonds. The SMILES string of the molecule is c1cc(-c2ccc3ccccc3c2)cc(N2c3ccccc3Oc3ccc(-c4ccc5c(c4)N(c4cccc(-c6ccc7ccccc7c6)c4)c4cc6ccccc6cc4O5)cc32)c1. The lowest BCUT2D eigenvalue weighted by molar-refractivity contribution is 0.477. The van der Waals surface area contributed by atoms with Gasteiger partial charge in [-0.05, 0) is 151 Å². The molecule has 0 bridgehead atoms. The fraction of sp³-hybridized carbons (Fsp3) is 0. The van der Waals surface area contributed by atoms with Crippen LogP contribution in [0, 0.1) is 0 Å². The van der Waals surface area contributed by atoms with Crippen molar-refractivity contribution in [3.63, 3.8) is 0 Å². The standard InChI is InChI=1S/C60H38N2O2/c1-3-13-41-31-47(25-23-39(41)11-1)43-17-9-19-51(33-43)61-53-21-7-8-22-57(53)63-58-29-27-49(36-54(58)61)50-28-30-59-55(37-50)62(56-35-45-15-5-6-16-46(45)38-60(56)64-59)52-20-10-18-44(34-52)48-26-24-40-12-2-4-14-42(40)32-48/h1-38H. The van der Waals surface area contributed by atoms with Crippen LogP contribution in [0.3, 0.4) is 0 Å². The molecule has 0 saturated heterocycles. The summed E-state index contributed by atoms with van der Waals surface area (Å²) in [7, 11) is 0. The average Bonchev–Trinajstić information content (AvgIpc) is 3.36. The fourth-order valence-electron chi connectivity index (χ4n) is 9.55. The van der Waals surface area contributed by atoms with E-state index in [0.29, 0.717) is 0 Å². The summed E-state index contributed by atoms with van der Waals surface area (Å²) in [5, 5.41) is 7.19. The molecule has 0 unspecified atom stereocenters. The van der Waals surface area contributed by atoms with Gasteiger partial charge >= 0.3 is 0 Å². The van der Waals surface area contributed by atoms with E-state index >= 15 is 0 Å². The maximum absolute atomic E-state index is 6.80. The second-order valence-electron chi connectivity index (χ2n) is 16.6. The Morgan fingerprint density at radius 3 is 1.19 bits per heavy atom. The van der Waals surface area contributed by atoms with Gasteiger partial charge in [-0.15, -0.1) is 0 Å². The zero-order chi connectivity index (χ0) is 42.1. The summed E-state index contributed by atoms with van der Waals surface area (Å²) in [6.45, 7) is 0. The first-order chi connectivity index (χ1) is 31.7. The lowest BCUT2D eigenvalue weighted by Crippen LogP contribution is -2.16. The van der Waals surface area contributed by atoms with Crippen LogP contribution in [0.2, 0.25) is 0 Å². The van der Waals surface area contributed by atoms with Crippen LogP contribution in [-0.2, 0) is 0 Å². The van der Waals surface area contributed by atoms with Gasteiger partial charge in [-0.25, -0.2) is 0 Å². The largest absolute Gasteiger partial charge is 0.453 e. The van der Waals surface area contributed by atoms with Crippen LogP contribution in [-0.4, -0.2) is 0 Å². The van der Waals surface area contributed by atoms with E-state index in [0.717, 1.165) is 90.1 Å². The minimum Gasteiger partial charge on any atom is -0.453 e. The third-order valence-corrected chi connectivity index (χ3v) is 12.7. The Kier molecular flexibility index (Phi) is 8.18. The van der Waals surface area contributed by atoms with Gasteiger partial charge in [-0.3, -0.25) is 0 Å². The second-order valence-corrected chi connectivity index (χ2v) is 16.6. The van der Waals surface area contributed by atoms with Gasteiger partial charge in [-0.2, -0.15) is 0 Å². The molecule has 0 atom stereocenters. The third kappa shape index (κ3) is 6.07. The summed E-state index contributed by atoms with van der Waals surface area (Å²) in [5.41, 5.74) is 12.8. The van der Waals surface area contributed by atoms with E-state index in [9.17, 15) is 0 Å². The molecule has 13 rings (SSSR count). The van der Waals surface area contributed by atoms with E-state index in [2.05, 4.69) is 228 Å². The van der Waals surface area contributed by atoms with Gasteiger partial charge in [0, 0.05) is 11.4 Å². The van der Waals surface area contributed by atoms with Gasteiger partial charge in [0.05, 0.1) is 22.7 Å². The molecule has 2 heterocycles. The van der Waals surface area contributed by atoms with Crippen molar-refractivity contribution in [3.8, 4) is 56.4 Å². The number of nitrogens with zero attached hydrogens (tertiary/aromatic N) is 2. The normalized spacial score (nSPS) is 12.6. The topological polar surface area (TPSA) is 24.9 Å². The Balaban J connectivity index is 0.936. The van der Waals surface area contributed by atoms with Crippen LogP contribution >= 0.6 is 0 Å². The maximum Gasteiger partial charge on any atom is 0.152 e. The van der Waals surface area contributed by atoms with Crippen molar-refractivity contribution in [2.45, 2.75) is 0 Å². The molecule has 64 heavy (non-hydrogen) atoms. The molecule has 0 spiro atoms.